The predicted molar refractivity (Wildman–Crippen MR) is 67.7 cm³/mol. The lowest BCUT2D eigenvalue weighted by Gasteiger charge is -2.10. The Bertz CT molecular complexity index is 470. The quantitative estimate of drug-likeness (QED) is 0.830. The number of anilines is 1. The van der Waals surface area contributed by atoms with E-state index in [1.807, 2.05) is 6.07 Å². The van der Waals surface area contributed by atoms with Crippen molar-refractivity contribution in [2.75, 3.05) is 38.1 Å². The number of ether oxygens (including phenoxy) is 2. The Labute approximate surface area is 102 Å². The zero-order chi connectivity index (χ0) is 12.9. The van der Waals surface area contributed by atoms with Crippen LogP contribution in [-0.2, 0) is 9.84 Å². The van der Waals surface area contributed by atoms with Crippen LogP contribution < -0.4 is 14.8 Å². The Hall–Kier alpha value is -1.43. The topological polar surface area (TPSA) is 64.6 Å². The van der Waals surface area contributed by atoms with Gasteiger partial charge in [-0.2, -0.15) is 0 Å². The molecule has 1 rings (SSSR count). The second-order valence-electron chi connectivity index (χ2n) is 3.63. The molecular formula is C11H17NO4S. The van der Waals surface area contributed by atoms with E-state index in [4.69, 9.17) is 9.47 Å². The van der Waals surface area contributed by atoms with Crippen LogP contribution in [0.2, 0.25) is 0 Å². The molecule has 0 radical (unpaired) electrons. The first-order chi connectivity index (χ1) is 7.96. The van der Waals surface area contributed by atoms with Crippen molar-refractivity contribution in [2.45, 2.75) is 0 Å². The molecule has 0 spiro atoms. The van der Waals surface area contributed by atoms with E-state index in [-0.39, 0.29) is 5.75 Å². The molecule has 1 N–H and O–H groups in total. The molecule has 0 aliphatic carbocycles. The molecule has 96 valence electrons. The van der Waals surface area contributed by atoms with E-state index >= 15 is 0 Å². The Morgan fingerprint density at radius 1 is 1.18 bits per heavy atom. The molecule has 5 nitrogen and oxygen atoms in total. The fraction of sp³-hybridized carbons (Fsp3) is 0.455. The number of hydrogen-bond donors (Lipinski definition) is 1. The first kappa shape index (κ1) is 13.6. The van der Waals surface area contributed by atoms with Gasteiger partial charge in [0.2, 0.25) is 0 Å². The highest BCUT2D eigenvalue weighted by atomic mass is 32.2. The van der Waals surface area contributed by atoms with Gasteiger partial charge in [-0.05, 0) is 12.1 Å². The zero-order valence-corrected chi connectivity index (χ0v) is 11.0. The van der Waals surface area contributed by atoms with Crippen LogP contribution in [0.1, 0.15) is 0 Å². The zero-order valence-electron chi connectivity index (χ0n) is 10.2. The lowest BCUT2D eigenvalue weighted by Crippen LogP contribution is -2.14. The van der Waals surface area contributed by atoms with Crippen molar-refractivity contribution in [3.05, 3.63) is 18.2 Å². The number of methoxy groups -OCH3 is 2. The van der Waals surface area contributed by atoms with Gasteiger partial charge in [-0.1, -0.05) is 0 Å². The van der Waals surface area contributed by atoms with Crippen LogP contribution in [0.3, 0.4) is 0 Å². The molecule has 0 heterocycles. The van der Waals surface area contributed by atoms with Crippen LogP contribution in [0.5, 0.6) is 11.5 Å². The molecule has 0 aliphatic rings. The van der Waals surface area contributed by atoms with Crippen LogP contribution >= 0.6 is 0 Å². The maximum absolute atomic E-state index is 11.0. The third kappa shape index (κ3) is 4.52. The van der Waals surface area contributed by atoms with Gasteiger partial charge in [0, 0.05) is 24.6 Å². The molecule has 0 aromatic heterocycles. The summed E-state index contributed by atoms with van der Waals surface area (Å²) >= 11 is 0. The Morgan fingerprint density at radius 3 is 2.35 bits per heavy atom. The van der Waals surface area contributed by atoms with E-state index in [2.05, 4.69) is 5.32 Å². The maximum Gasteiger partial charge on any atom is 0.162 e. The third-order valence-corrected chi connectivity index (χ3v) is 3.13. The molecule has 0 amide bonds. The number of hydrogen-bond acceptors (Lipinski definition) is 5. The summed E-state index contributed by atoms with van der Waals surface area (Å²) in [7, 11) is 0.177. The van der Waals surface area contributed by atoms with Gasteiger partial charge in [-0.25, -0.2) is 8.42 Å². The average molecular weight is 259 g/mol. The van der Waals surface area contributed by atoms with Crippen molar-refractivity contribution in [3.8, 4) is 11.5 Å². The van der Waals surface area contributed by atoms with Gasteiger partial charge in [0.05, 0.1) is 20.0 Å². The second-order valence-corrected chi connectivity index (χ2v) is 5.89. The van der Waals surface area contributed by atoms with Crippen LogP contribution in [-0.4, -0.2) is 41.2 Å². The molecule has 0 saturated carbocycles. The van der Waals surface area contributed by atoms with Crippen LogP contribution in [0.15, 0.2) is 18.2 Å². The molecule has 17 heavy (non-hydrogen) atoms. The highest BCUT2D eigenvalue weighted by Crippen LogP contribution is 2.29. The molecule has 0 aliphatic heterocycles. The molecule has 6 heteroatoms. The summed E-state index contributed by atoms with van der Waals surface area (Å²) in [6, 6.07) is 5.34. The van der Waals surface area contributed by atoms with Gasteiger partial charge < -0.3 is 14.8 Å². The van der Waals surface area contributed by atoms with Crippen LogP contribution in [0.4, 0.5) is 5.69 Å². The number of rotatable bonds is 6. The van der Waals surface area contributed by atoms with Crippen molar-refractivity contribution in [2.24, 2.45) is 0 Å². The van der Waals surface area contributed by atoms with Gasteiger partial charge in [0.1, 0.15) is 9.84 Å². The lowest BCUT2D eigenvalue weighted by molar-refractivity contribution is 0.355. The minimum atomic E-state index is -2.94. The molecule has 1 aromatic carbocycles. The van der Waals surface area contributed by atoms with E-state index in [9.17, 15) is 8.42 Å². The predicted octanol–water partition coefficient (Wildman–Crippen LogP) is 1.16. The van der Waals surface area contributed by atoms with E-state index in [1.54, 1.807) is 26.4 Å². The minimum absolute atomic E-state index is 0.0986. The van der Waals surface area contributed by atoms with Gasteiger partial charge in [-0.3, -0.25) is 0 Å². The molecule has 0 atom stereocenters. The first-order valence-electron chi connectivity index (χ1n) is 5.10. The summed E-state index contributed by atoms with van der Waals surface area (Å²) in [5.74, 6) is 1.35. The van der Waals surface area contributed by atoms with Gasteiger partial charge in [-0.15, -0.1) is 0 Å². The van der Waals surface area contributed by atoms with Crippen molar-refractivity contribution < 1.29 is 17.9 Å². The molecule has 0 unspecified atom stereocenters. The van der Waals surface area contributed by atoms with Crippen molar-refractivity contribution in [1.29, 1.82) is 0 Å². The highest BCUT2D eigenvalue weighted by Gasteiger charge is 2.05. The second kappa shape index (κ2) is 5.77. The first-order valence-corrected chi connectivity index (χ1v) is 7.16. The van der Waals surface area contributed by atoms with Crippen LogP contribution in [0, 0.1) is 0 Å². The van der Waals surface area contributed by atoms with Crippen molar-refractivity contribution in [3.63, 3.8) is 0 Å². The Balaban J connectivity index is 2.66. The van der Waals surface area contributed by atoms with Gasteiger partial charge in [0.25, 0.3) is 0 Å². The monoisotopic (exact) mass is 259 g/mol. The fourth-order valence-electron chi connectivity index (χ4n) is 1.33. The van der Waals surface area contributed by atoms with E-state index in [1.165, 1.54) is 6.26 Å². The summed E-state index contributed by atoms with van der Waals surface area (Å²) in [6.45, 7) is 0.369. The molecule has 0 bridgehead atoms. The smallest absolute Gasteiger partial charge is 0.162 e. The summed E-state index contributed by atoms with van der Waals surface area (Å²) < 4.78 is 32.2. The average Bonchev–Trinajstić information content (AvgIpc) is 2.27. The highest BCUT2D eigenvalue weighted by molar-refractivity contribution is 7.90. The Morgan fingerprint density at radius 2 is 1.82 bits per heavy atom. The van der Waals surface area contributed by atoms with E-state index in [0.717, 1.165) is 5.69 Å². The SMILES string of the molecule is COc1ccc(NCCS(C)(=O)=O)cc1OC. The van der Waals surface area contributed by atoms with Crippen molar-refractivity contribution in [1.82, 2.24) is 0 Å². The van der Waals surface area contributed by atoms with Gasteiger partial charge >= 0.3 is 0 Å². The Kier molecular flexibility index (Phi) is 4.62. The maximum atomic E-state index is 11.0. The standard InChI is InChI=1S/C11H17NO4S/c1-15-10-5-4-9(8-11(10)16-2)12-6-7-17(3,13)14/h4-5,8,12H,6-7H2,1-3H3. The number of nitrogens with one attached hydrogen (secondary N) is 1. The molecule has 1 aromatic rings. The lowest BCUT2D eigenvalue weighted by atomic mass is 10.2. The van der Waals surface area contributed by atoms with E-state index in [0.29, 0.717) is 18.0 Å². The molecular weight excluding hydrogens is 242 g/mol. The number of sulfone groups is 1. The third-order valence-electron chi connectivity index (χ3n) is 2.19. The van der Waals surface area contributed by atoms with E-state index < -0.39 is 9.84 Å². The largest absolute Gasteiger partial charge is 0.493 e. The van der Waals surface area contributed by atoms with Gasteiger partial charge in [0.15, 0.2) is 11.5 Å². The van der Waals surface area contributed by atoms with Crippen molar-refractivity contribution >= 4 is 15.5 Å². The summed E-state index contributed by atoms with van der Waals surface area (Å²) in [5.41, 5.74) is 0.798. The summed E-state index contributed by atoms with van der Waals surface area (Å²) in [4.78, 5) is 0. The number of benzene rings is 1. The minimum Gasteiger partial charge on any atom is -0.493 e. The normalized spacial score (nSPS) is 11.0. The summed E-state index contributed by atoms with van der Waals surface area (Å²) in [5, 5.41) is 3.01. The van der Waals surface area contributed by atoms with Crippen LogP contribution in [0.25, 0.3) is 0 Å². The molecule has 0 saturated heterocycles. The summed E-state index contributed by atoms with van der Waals surface area (Å²) in [6.07, 6.45) is 1.21. The molecule has 0 fully saturated rings. The fourth-order valence-corrected chi connectivity index (χ4v) is 1.80.